The van der Waals surface area contributed by atoms with E-state index < -0.39 is 28.7 Å². The van der Waals surface area contributed by atoms with Crippen LogP contribution >= 0.6 is 0 Å². The van der Waals surface area contributed by atoms with Crippen molar-refractivity contribution in [2.24, 2.45) is 16.3 Å². The van der Waals surface area contributed by atoms with E-state index in [1.165, 1.54) is 19.1 Å². The second-order valence-electron chi connectivity index (χ2n) is 10.3. The lowest BCUT2D eigenvalue weighted by atomic mass is 9.77. The number of anilines is 3. The average Bonchev–Trinajstić information content (AvgIpc) is 2.97. The molecule has 0 bridgehead atoms. The number of primary amides is 1. The van der Waals surface area contributed by atoms with Crippen molar-refractivity contribution in [3.63, 3.8) is 0 Å². The van der Waals surface area contributed by atoms with Gasteiger partial charge in [-0.15, -0.1) is 0 Å². The molecule has 0 spiro atoms. The van der Waals surface area contributed by atoms with Crippen LogP contribution in [0.3, 0.4) is 0 Å². The van der Waals surface area contributed by atoms with E-state index in [0.29, 0.717) is 29.9 Å². The summed E-state index contributed by atoms with van der Waals surface area (Å²) in [6, 6.07) is 25.0. The third kappa shape index (κ3) is 9.13. The molecule has 2 unspecified atom stereocenters. The fraction of sp³-hybridized carbons (Fsp3) is 0.250. The lowest BCUT2D eigenvalue weighted by Crippen LogP contribution is -2.29. The van der Waals surface area contributed by atoms with Gasteiger partial charge >= 0.3 is 0 Å². The van der Waals surface area contributed by atoms with E-state index in [-0.39, 0.29) is 23.8 Å². The van der Waals surface area contributed by atoms with Crippen molar-refractivity contribution < 1.29 is 19.2 Å². The average molecular weight is 567 g/mol. The maximum absolute atomic E-state index is 12.8. The second kappa shape index (κ2) is 14.4. The number of carbonyl (C=O) groups excluding carboxylic acids is 4. The van der Waals surface area contributed by atoms with Crippen LogP contribution in [-0.2, 0) is 14.4 Å². The van der Waals surface area contributed by atoms with Crippen molar-refractivity contribution in [1.82, 2.24) is 0 Å². The molecule has 10 nitrogen and oxygen atoms in total. The number of nitrogens with one attached hydrogen (secondary N) is 3. The molecule has 0 aromatic heterocycles. The highest BCUT2D eigenvalue weighted by Gasteiger charge is 2.28. The summed E-state index contributed by atoms with van der Waals surface area (Å²) in [5.41, 5.74) is 9.33. The van der Waals surface area contributed by atoms with Crippen molar-refractivity contribution in [2.75, 3.05) is 16.1 Å². The summed E-state index contributed by atoms with van der Waals surface area (Å²) in [6.45, 7) is 5.14. The summed E-state index contributed by atoms with van der Waals surface area (Å²) in [5, 5.41) is 19.2. The molecular formula is C32H34N6O4. The van der Waals surface area contributed by atoms with E-state index in [2.05, 4.69) is 34.2 Å². The number of Topliss-reactive ketones (excluding diaryl/α,β-unsaturated/α-hetero) is 1. The Balaban J connectivity index is 1.60. The first-order valence-electron chi connectivity index (χ1n) is 13.4. The molecule has 0 saturated carbocycles. The first-order valence-corrected chi connectivity index (χ1v) is 13.4. The van der Waals surface area contributed by atoms with Crippen LogP contribution in [0, 0.1) is 16.7 Å². The van der Waals surface area contributed by atoms with Gasteiger partial charge < -0.3 is 16.4 Å². The smallest absolute Gasteiger partial charge is 0.279 e. The molecule has 0 heterocycles. The standard InChI is InChI=1S/C32H34N6O4/c1-21(23-9-5-4-6-10-23)19-32(3,20-33)16-15-28(40)35-25-12-8-13-26(18-25)36-31(42)29(22(2)39)38-37-27-14-7-11-24(17-27)30(34)41/h4-14,17-18,21,37H,15-16,19H2,1-3H3,(H2,34,41)(H,35,40)(H,36,42)/b38-29-. The molecule has 10 heteroatoms. The third-order valence-corrected chi connectivity index (χ3v) is 6.70. The molecule has 3 amide bonds. The van der Waals surface area contributed by atoms with Crippen molar-refractivity contribution >= 4 is 46.3 Å². The van der Waals surface area contributed by atoms with E-state index >= 15 is 0 Å². The highest BCUT2D eigenvalue weighted by atomic mass is 16.2. The Morgan fingerprint density at radius 3 is 2.21 bits per heavy atom. The van der Waals surface area contributed by atoms with E-state index in [1.54, 1.807) is 36.4 Å². The number of nitriles is 1. The lowest BCUT2D eigenvalue weighted by molar-refractivity contribution is -0.117. The van der Waals surface area contributed by atoms with Gasteiger partial charge in [0, 0.05) is 30.3 Å². The van der Waals surface area contributed by atoms with Gasteiger partial charge in [0.2, 0.25) is 11.8 Å². The van der Waals surface area contributed by atoms with Crippen LogP contribution in [0.5, 0.6) is 0 Å². The van der Waals surface area contributed by atoms with Crippen molar-refractivity contribution in [3.8, 4) is 6.07 Å². The summed E-state index contributed by atoms with van der Waals surface area (Å²) in [4.78, 5) is 49.1. The zero-order valence-corrected chi connectivity index (χ0v) is 23.8. The third-order valence-electron chi connectivity index (χ3n) is 6.70. The molecule has 3 aromatic carbocycles. The van der Waals surface area contributed by atoms with E-state index in [4.69, 9.17) is 5.73 Å². The molecule has 0 saturated heterocycles. The van der Waals surface area contributed by atoms with Crippen LogP contribution in [0.4, 0.5) is 17.1 Å². The van der Waals surface area contributed by atoms with Gasteiger partial charge in [0.25, 0.3) is 5.91 Å². The highest BCUT2D eigenvalue weighted by molar-refractivity contribution is 6.67. The first-order chi connectivity index (χ1) is 20.0. The van der Waals surface area contributed by atoms with E-state index in [1.807, 2.05) is 37.3 Å². The van der Waals surface area contributed by atoms with Gasteiger partial charge in [-0.1, -0.05) is 49.4 Å². The Bertz CT molecular complexity index is 1530. The number of amides is 3. The molecule has 0 aliphatic rings. The number of hydrogen-bond donors (Lipinski definition) is 4. The molecule has 42 heavy (non-hydrogen) atoms. The molecule has 0 aliphatic carbocycles. The van der Waals surface area contributed by atoms with Crippen LogP contribution in [0.15, 0.2) is 84.0 Å². The Morgan fingerprint density at radius 2 is 1.57 bits per heavy atom. The predicted octanol–water partition coefficient (Wildman–Crippen LogP) is 5.22. The van der Waals surface area contributed by atoms with E-state index in [9.17, 15) is 24.4 Å². The molecule has 2 atom stereocenters. The Kier molecular flexibility index (Phi) is 10.7. The molecule has 216 valence electrons. The number of nitrogens with zero attached hydrogens (tertiary/aromatic N) is 2. The van der Waals surface area contributed by atoms with Crippen LogP contribution < -0.4 is 21.8 Å². The van der Waals surface area contributed by atoms with Gasteiger partial charge in [-0.3, -0.25) is 24.6 Å². The topological polar surface area (TPSA) is 167 Å². The molecule has 0 fully saturated rings. The van der Waals surface area contributed by atoms with Gasteiger partial charge in [-0.05, 0) is 67.6 Å². The monoisotopic (exact) mass is 566 g/mol. The van der Waals surface area contributed by atoms with Crippen molar-refractivity contribution in [2.45, 2.75) is 46.0 Å². The van der Waals surface area contributed by atoms with Crippen molar-refractivity contribution in [3.05, 3.63) is 90.0 Å². The number of benzene rings is 3. The molecule has 3 rings (SSSR count). The summed E-state index contributed by atoms with van der Waals surface area (Å²) in [7, 11) is 0. The molecule has 5 N–H and O–H groups in total. The van der Waals surface area contributed by atoms with Crippen molar-refractivity contribution in [1.29, 1.82) is 5.26 Å². The highest BCUT2D eigenvalue weighted by Crippen LogP contribution is 2.35. The number of hydrazone groups is 1. The predicted molar refractivity (Wildman–Crippen MR) is 163 cm³/mol. The number of carbonyl (C=O) groups is 4. The molecule has 3 aromatic rings. The number of rotatable bonds is 13. The van der Waals surface area contributed by atoms with Gasteiger partial charge in [-0.2, -0.15) is 10.4 Å². The zero-order chi connectivity index (χ0) is 30.7. The lowest BCUT2D eigenvalue weighted by Gasteiger charge is -2.25. The minimum Gasteiger partial charge on any atom is -0.366 e. The Labute approximate surface area is 245 Å². The number of hydrogen-bond acceptors (Lipinski definition) is 7. The maximum Gasteiger partial charge on any atom is 0.279 e. The van der Waals surface area contributed by atoms with Gasteiger partial charge in [-0.25, -0.2) is 0 Å². The summed E-state index contributed by atoms with van der Waals surface area (Å²) in [5.74, 6) is -2.07. The largest absolute Gasteiger partial charge is 0.366 e. The SMILES string of the molecule is CC(=O)/C(=N/Nc1cccc(C(N)=O)c1)C(=O)Nc1cccc(NC(=O)CCC(C)(C#N)CC(C)c2ccccc2)c1. The maximum atomic E-state index is 12.8. The number of ketones is 1. The molecular weight excluding hydrogens is 532 g/mol. The van der Waals surface area contributed by atoms with Gasteiger partial charge in [0.15, 0.2) is 11.5 Å². The fourth-order valence-electron chi connectivity index (χ4n) is 4.41. The van der Waals surface area contributed by atoms with Crippen LogP contribution in [0.1, 0.15) is 61.9 Å². The molecule has 0 radical (unpaired) electrons. The Morgan fingerprint density at radius 1 is 0.929 bits per heavy atom. The van der Waals surface area contributed by atoms with Gasteiger partial charge in [0.05, 0.1) is 17.2 Å². The van der Waals surface area contributed by atoms with Gasteiger partial charge in [0.1, 0.15) is 0 Å². The Hall–Kier alpha value is -5.30. The quantitative estimate of drug-likeness (QED) is 0.126. The zero-order valence-electron chi connectivity index (χ0n) is 23.8. The number of nitrogens with two attached hydrogens (primary N) is 1. The minimum atomic E-state index is -0.762. The first kappa shape index (κ1) is 31.2. The normalized spacial score (nSPS) is 13.1. The summed E-state index contributed by atoms with van der Waals surface area (Å²) in [6.07, 6.45) is 1.15. The van der Waals surface area contributed by atoms with Crippen LogP contribution in [0.25, 0.3) is 0 Å². The van der Waals surface area contributed by atoms with E-state index in [0.717, 1.165) is 5.56 Å². The van der Waals surface area contributed by atoms with Crippen LogP contribution in [-0.4, -0.2) is 29.2 Å². The summed E-state index contributed by atoms with van der Waals surface area (Å²) >= 11 is 0. The second-order valence-corrected chi connectivity index (χ2v) is 10.3. The fourth-order valence-corrected chi connectivity index (χ4v) is 4.41. The van der Waals surface area contributed by atoms with Crippen LogP contribution in [0.2, 0.25) is 0 Å². The minimum absolute atomic E-state index is 0.145. The summed E-state index contributed by atoms with van der Waals surface area (Å²) < 4.78 is 0. The molecule has 0 aliphatic heterocycles.